The maximum atomic E-state index is 5.89. The molecule has 0 aliphatic rings. The van der Waals surface area contributed by atoms with Crippen molar-refractivity contribution in [1.82, 2.24) is 34.9 Å². The van der Waals surface area contributed by atoms with Gasteiger partial charge in [-0.05, 0) is 0 Å². The monoisotopic (exact) mass is 300 g/mol. The third kappa shape index (κ3) is 2.41. The summed E-state index contributed by atoms with van der Waals surface area (Å²) in [5.74, 6) is 1.53. The fourth-order valence-corrected chi connectivity index (χ4v) is 1.81. The molecule has 3 rings (SSSR count). The van der Waals surface area contributed by atoms with Gasteiger partial charge >= 0.3 is 0 Å². The van der Waals surface area contributed by atoms with Crippen molar-refractivity contribution >= 4 is 5.82 Å². The molecule has 0 bridgehead atoms. The predicted molar refractivity (Wildman–Crippen MR) is 78.4 cm³/mol. The van der Waals surface area contributed by atoms with E-state index in [1.807, 2.05) is 20.8 Å². The highest BCUT2D eigenvalue weighted by Gasteiger charge is 2.24. The maximum Gasteiger partial charge on any atom is 0.270 e. The lowest BCUT2D eigenvalue weighted by molar-refractivity contribution is 0.398. The van der Waals surface area contributed by atoms with Gasteiger partial charge in [-0.1, -0.05) is 20.8 Å². The number of nitrogen functional groups attached to an aromatic ring is 1. The van der Waals surface area contributed by atoms with Crippen molar-refractivity contribution in [1.29, 1.82) is 0 Å². The molecule has 3 aromatic heterocycles. The van der Waals surface area contributed by atoms with Gasteiger partial charge in [-0.2, -0.15) is 5.10 Å². The van der Waals surface area contributed by atoms with Gasteiger partial charge < -0.3 is 10.2 Å². The Morgan fingerprint density at radius 2 is 1.95 bits per heavy atom. The normalized spacial score (nSPS) is 11.8. The molecular formula is C13H16N8O. The zero-order chi connectivity index (χ0) is 15.9. The first kappa shape index (κ1) is 14.1. The zero-order valence-corrected chi connectivity index (χ0v) is 12.8. The Morgan fingerprint density at radius 3 is 2.55 bits per heavy atom. The van der Waals surface area contributed by atoms with Gasteiger partial charge in [-0.25, -0.2) is 19.6 Å². The Hall–Kier alpha value is -2.84. The minimum Gasteiger partial charge on any atom is -0.419 e. The average molecular weight is 300 g/mol. The summed E-state index contributed by atoms with van der Waals surface area (Å²) in [4.78, 5) is 12.7. The minimum absolute atomic E-state index is 0.218. The zero-order valence-electron chi connectivity index (χ0n) is 12.8. The Kier molecular flexibility index (Phi) is 3.12. The number of hydrogen-bond donors (Lipinski definition) is 1. The SMILES string of the molecule is Cn1ncnc1-c1cnc(N)c(-c2nnc(C(C)(C)C)o2)n1. The van der Waals surface area contributed by atoms with E-state index in [1.54, 1.807) is 11.7 Å². The molecule has 22 heavy (non-hydrogen) atoms. The van der Waals surface area contributed by atoms with Crippen LogP contribution in [0.4, 0.5) is 5.82 Å². The van der Waals surface area contributed by atoms with Crippen LogP contribution in [-0.2, 0) is 12.5 Å². The molecule has 0 saturated heterocycles. The summed E-state index contributed by atoms with van der Waals surface area (Å²) in [7, 11) is 1.77. The molecule has 3 heterocycles. The van der Waals surface area contributed by atoms with Gasteiger partial charge in [0.25, 0.3) is 5.89 Å². The lowest BCUT2D eigenvalue weighted by atomic mass is 9.97. The largest absolute Gasteiger partial charge is 0.419 e. The van der Waals surface area contributed by atoms with Crippen LogP contribution in [0.1, 0.15) is 26.7 Å². The van der Waals surface area contributed by atoms with Crippen molar-refractivity contribution in [3.05, 3.63) is 18.4 Å². The molecule has 114 valence electrons. The summed E-state index contributed by atoms with van der Waals surface area (Å²) in [6.45, 7) is 5.94. The van der Waals surface area contributed by atoms with Crippen molar-refractivity contribution < 1.29 is 4.42 Å². The lowest BCUT2D eigenvalue weighted by Gasteiger charge is -2.11. The van der Waals surface area contributed by atoms with E-state index < -0.39 is 0 Å². The molecule has 9 heteroatoms. The van der Waals surface area contributed by atoms with Gasteiger partial charge in [0, 0.05) is 12.5 Å². The average Bonchev–Trinajstić information content (AvgIpc) is 3.08. The third-order valence-corrected chi connectivity index (χ3v) is 3.01. The van der Waals surface area contributed by atoms with Crippen molar-refractivity contribution in [3.63, 3.8) is 0 Å². The fraction of sp³-hybridized carbons (Fsp3) is 0.385. The second-order valence-corrected chi connectivity index (χ2v) is 5.86. The molecule has 0 atom stereocenters. The van der Waals surface area contributed by atoms with Crippen LogP contribution in [-0.4, -0.2) is 34.9 Å². The third-order valence-electron chi connectivity index (χ3n) is 3.01. The highest BCUT2D eigenvalue weighted by molar-refractivity contribution is 5.65. The molecule has 2 N–H and O–H groups in total. The minimum atomic E-state index is -0.255. The van der Waals surface area contributed by atoms with Crippen LogP contribution in [0.3, 0.4) is 0 Å². The first-order valence-corrected chi connectivity index (χ1v) is 6.67. The topological polar surface area (TPSA) is 121 Å². The van der Waals surface area contributed by atoms with Crippen LogP contribution in [0.25, 0.3) is 23.1 Å². The van der Waals surface area contributed by atoms with Gasteiger partial charge in [-0.3, -0.25) is 0 Å². The Balaban J connectivity index is 2.08. The summed E-state index contributed by atoms with van der Waals surface area (Å²) >= 11 is 0. The Morgan fingerprint density at radius 1 is 1.18 bits per heavy atom. The van der Waals surface area contributed by atoms with Gasteiger partial charge in [0.05, 0.1) is 6.20 Å². The molecule has 0 spiro atoms. The molecule has 0 unspecified atom stereocenters. The molecule has 9 nitrogen and oxygen atoms in total. The van der Waals surface area contributed by atoms with E-state index in [0.717, 1.165) is 0 Å². The first-order valence-electron chi connectivity index (χ1n) is 6.67. The van der Waals surface area contributed by atoms with Gasteiger partial charge in [0.1, 0.15) is 12.0 Å². The van der Waals surface area contributed by atoms with E-state index >= 15 is 0 Å². The number of aryl methyl sites for hydroxylation is 1. The molecular weight excluding hydrogens is 284 g/mol. The number of nitrogens with zero attached hydrogens (tertiary/aromatic N) is 7. The van der Waals surface area contributed by atoms with E-state index in [-0.39, 0.29) is 17.1 Å². The van der Waals surface area contributed by atoms with Crippen LogP contribution < -0.4 is 5.73 Å². The van der Waals surface area contributed by atoms with E-state index in [9.17, 15) is 0 Å². The summed E-state index contributed by atoms with van der Waals surface area (Å²) in [5, 5.41) is 12.1. The number of rotatable bonds is 2. The van der Waals surface area contributed by atoms with E-state index in [2.05, 4.69) is 30.2 Å². The summed E-state index contributed by atoms with van der Waals surface area (Å²) in [6.07, 6.45) is 2.97. The molecule has 0 fully saturated rings. The van der Waals surface area contributed by atoms with Gasteiger partial charge in [0.2, 0.25) is 5.89 Å². The van der Waals surface area contributed by atoms with Gasteiger partial charge in [0.15, 0.2) is 17.3 Å². The van der Waals surface area contributed by atoms with E-state index in [4.69, 9.17) is 10.2 Å². The van der Waals surface area contributed by atoms with E-state index in [1.165, 1.54) is 12.5 Å². The summed E-state index contributed by atoms with van der Waals surface area (Å²) in [6, 6.07) is 0. The van der Waals surface area contributed by atoms with Crippen molar-refractivity contribution in [2.45, 2.75) is 26.2 Å². The Bertz CT molecular complexity index is 814. The molecule has 0 saturated carbocycles. The smallest absolute Gasteiger partial charge is 0.270 e. The first-order chi connectivity index (χ1) is 10.4. The highest BCUT2D eigenvalue weighted by Crippen LogP contribution is 2.27. The van der Waals surface area contributed by atoms with Crippen molar-refractivity contribution in [2.24, 2.45) is 7.05 Å². The number of nitrogens with two attached hydrogens (primary N) is 1. The van der Waals surface area contributed by atoms with E-state index in [0.29, 0.717) is 23.1 Å². The van der Waals surface area contributed by atoms with Crippen LogP contribution in [0.2, 0.25) is 0 Å². The maximum absolute atomic E-state index is 5.89. The van der Waals surface area contributed by atoms with Crippen LogP contribution in [0, 0.1) is 0 Å². The summed E-state index contributed by atoms with van der Waals surface area (Å²) in [5.41, 5.74) is 6.50. The van der Waals surface area contributed by atoms with Crippen LogP contribution >= 0.6 is 0 Å². The lowest BCUT2D eigenvalue weighted by Crippen LogP contribution is -2.11. The number of hydrogen-bond acceptors (Lipinski definition) is 8. The molecule has 0 aliphatic carbocycles. The van der Waals surface area contributed by atoms with Gasteiger partial charge in [-0.15, -0.1) is 10.2 Å². The summed E-state index contributed by atoms with van der Waals surface area (Å²) < 4.78 is 7.27. The highest BCUT2D eigenvalue weighted by atomic mass is 16.4. The molecule has 0 aromatic carbocycles. The number of aromatic nitrogens is 7. The Labute approximate surface area is 126 Å². The van der Waals surface area contributed by atoms with Crippen molar-refractivity contribution in [2.75, 3.05) is 5.73 Å². The fourth-order valence-electron chi connectivity index (χ4n) is 1.81. The second-order valence-electron chi connectivity index (χ2n) is 5.86. The number of anilines is 1. The predicted octanol–water partition coefficient (Wildman–Crippen LogP) is 1.20. The molecule has 0 aliphatic heterocycles. The molecule has 0 radical (unpaired) electrons. The molecule has 3 aromatic rings. The van der Waals surface area contributed by atoms with Crippen molar-refractivity contribution in [3.8, 4) is 23.1 Å². The van der Waals surface area contributed by atoms with Crippen LogP contribution in [0.5, 0.6) is 0 Å². The molecule has 0 amide bonds. The standard InChI is InChI=1S/C13H16N8O/c1-13(2,3)12-20-19-11(22-12)8-9(14)15-5-7(18-8)10-16-6-17-21(10)4/h5-6H,1-4H3,(H2,14,15). The quantitative estimate of drug-likeness (QED) is 0.749. The van der Waals surface area contributed by atoms with Crippen LogP contribution in [0.15, 0.2) is 16.9 Å². The second kappa shape index (κ2) is 4.86.